The molecule has 4 aromatic rings. The molecule has 0 radical (unpaired) electrons. The maximum absolute atomic E-state index is 6.50. The van der Waals surface area contributed by atoms with Crippen LogP contribution in [0.3, 0.4) is 0 Å². The Labute approximate surface area is 342 Å². The Morgan fingerprint density at radius 3 is 1.57 bits per heavy atom. The molecular weight excluding hydrogens is 681 g/mol. The lowest BCUT2D eigenvalue weighted by Gasteiger charge is -2.36. The summed E-state index contributed by atoms with van der Waals surface area (Å²) in [6.45, 7) is 29.6. The van der Waals surface area contributed by atoms with Crippen molar-refractivity contribution in [2.45, 2.75) is 182 Å². The van der Waals surface area contributed by atoms with Crippen molar-refractivity contribution in [2.75, 3.05) is 4.90 Å². The minimum atomic E-state index is -0.403. The van der Waals surface area contributed by atoms with Crippen molar-refractivity contribution in [1.29, 1.82) is 0 Å². The molecule has 0 N–H and O–H groups in total. The van der Waals surface area contributed by atoms with E-state index in [0.717, 1.165) is 11.2 Å². The molecule has 0 atom stereocenters. The van der Waals surface area contributed by atoms with Crippen molar-refractivity contribution in [1.82, 2.24) is 0 Å². The number of anilines is 3. The Morgan fingerprint density at radius 1 is 0.571 bits per heavy atom. The Kier molecular flexibility index (Phi) is 12.2. The minimum Gasteiger partial charge on any atom is -0.399 e. The molecule has 0 amide bonds. The molecule has 0 bridgehead atoms. The first-order valence-electron chi connectivity index (χ1n) is 22.0. The smallest absolute Gasteiger partial charge is 0.399 e. The molecule has 1 fully saturated rings. The molecule has 56 heavy (non-hydrogen) atoms. The zero-order valence-electron chi connectivity index (χ0n) is 37.4. The van der Waals surface area contributed by atoms with Crippen molar-refractivity contribution in [3.05, 3.63) is 107 Å². The third-order valence-electron chi connectivity index (χ3n) is 13.3. The summed E-state index contributed by atoms with van der Waals surface area (Å²) in [6.07, 6.45) is 12.5. The number of aryl methyl sites for hydroxylation is 1. The molecule has 1 aliphatic heterocycles. The number of unbranched alkanes of at least 4 members (excludes halogenated alkanes) is 6. The van der Waals surface area contributed by atoms with Crippen molar-refractivity contribution in [3.8, 4) is 11.1 Å². The largest absolute Gasteiger partial charge is 0.494 e. The molecule has 1 heterocycles. The number of hydrogen-bond donors (Lipinski definition) is 0. The highest BCUT2D eigenvalue weighted by atomic mass is 16.7. The highest BCUT2D eigenvalue weighted by molar-refractivity contribution is 6.62. The van der Waals surface area contributed by atoms with Crippen LogP contribution < -0.4 is 10.4 Å². The molecule has 0 unspecified atom stereocenters. The SMILES string of the molecule is CCCCCCC1(CCCCCC)c2cc(C(C)(C)C)ccc2-c2c(N(c3ccc(C)cc3)c3ccc(B4OC(C)(C)C(C)(C)O4)cc3)cc(C(C)(C)C)cc21. The fourth-order valence-electron chi connectivity index (χ4n) is 8.92. The van der Waals surface area contributed by atoms with Gasteiger partial charge in [-0.15, -0.1) is 0 Å². The van der Waals surface area contributed by atoms with Crippen LogP contribution in [0.1, 0.15) is 175 Å². The van der Waals surface area contributed by atoms with E-state index >= 15 is 0 Å². The Hall–Kier alpha value is -3.34. The molecule has 1 aliphatic carbocycles. The van der Waals surface area contributed by atoms with Gasteiger partial charge in [-0.3, -0.25) is 0 Å². The number of nitrogens with zero attached hydrogens (tertiary/aromatic N) is 1. The van der Waals surface area contributed by atoms with Gasteiger partial charge in [0.1, 0.15) is 0 Å². The lowest BCUT2D eigenvalue weighted by Crippen LogP contribution is -2.41. The summed E-state index contributed by atoms with van der Waals surface area (Å²) in [5.74, 6) is 0. The van der Waals surface area contributed by atoms with Gasteiger partial charge in [0.2, 0.25) is 0 Å². The summed E-state index contributed by atoms with van der Waals surface area (Å²) in [4.78, 5) is 2.53. The van der Waals surface area contributed by atoms with Gasteiger partial charge in [-0.1, -0.05) is 161 Å². The van der Waals surface area contributed by atoms with Crippen LogP contribution in [0.2, 0.25) is 0 Å². The quantitative estimate of drug-likeness (QED) is 0.0945. The monoisotopic (exact) mass is 754 g/mol. The topological polar surface area (TPSA) is 21.7 Å². The van der Waals surface area contributed by atoms with E-state index in [1.807, 2.05) is 0 Å². The first-order valence-corrected chi connectivity index (χ1v) is 22.0. The summed E-state index contributed by atoms with van der Waals surface area (Å²) in [6, 6.07) is 30.8. The number of benzene rings is 4. The highest BCUT2D eigenvalue weighted by Crippen LogP contribution is 2.59. The predicted octanol–water partition coefficient (Wildman–Crippen LogP) is 14.6. The average Bonchev–Trinajstić information content (AvgIpc) is 3.53. The second-order valence-electron chi connectivity index (χ2n) is 20.2. The predicted molar refractivity (Wildman–Crippen MR) is 243 cm³/mol. The van der Waals surface area contributed by atoms with Crippen LogP contribution in [0.25, 0.3) is 11.1 Å². The van der Waals surface area contributed by atoms with Crippen LogP contribution in [-0.2, 0) is 25.6 Å². The molecule has 4 heteroatoms. The van der Waals surface area contributed by atoms with Crippen molar-refractivity contribution >= 4 is 29.6 Å². The highest BCUT2D eigenvalue weighted by Gasteiger charge is 2.52. The molecular formula is C52H72BNO2. The summed E-state index contributed by atoms with van der Waals surface area (Å²) < 4.78 is 13.0. The number of hydrogen-bond acceptors (Lipinski definition) is 3. The zero-order valence-corrected chi connectivity index (χ0v) is 37.4. The van der Waals surface area contributed by atoms with E-state index in [1.54, 1.807) is 11.1 Å². The molecule has 6 rings (SSSR count). The maximum Gasteiger partial charge on any atom is 0.494 e. The van der Waals surface area contributed by atoms with Gasteiger partial charge in [0.25, 0.3) is 0 Å². The molecule has 0 saturated carbocycles. The van der Waals surface area contributed by atoms with Crippen LogP contribution >= 0.6 is 0 Å². The van der Waals surface area contributed by atoms with Gasteiger partial charge in [-0.25, -0.2) is 0 Å². The number of fused-ring (bicyclic) bond motifs is 3. The van der Waals surface area contributed by atoms with E-state index in [0.29, 0.717) is 0 Å². The van der Waals surface area contributed by atoms with E-state index in [-0.39, 0.29) is 16.2 Å². The number of rotatable bonds is 14. The zero-order chi connectivity index (χ0) is 40.7. The normalized spacial score (nSPS) is 16.9. The van der Waals surface area contributed by atoms with Crippen LogP contribution in [0, 0.1) is 6.92 Å². The summed E-state index contributed by atoms with van der Waals surface area (Å²) in [7, 11) is -0.403. The van der Waals surface area contributed by atoms with Gasteiger partial charge in [-0.05, 0) is 122 Å². The maximum atomic E-state index is 6.50. The van der Waals surface area contributed by atoms with Gasteiger partial charge in [0.05, 0.1) is 16.9 Å². The van der Waals surface area contributed by atoms with E-state index in [4.69, 9.17) is 9.31 Å². The second-order valence-corrected chi connectivity index (χ2v) is 20.2. The van der Waals surface area contributed by atoms with Gasteiger partial charge < -0.3 is 14.2 Å². The first-order chi connectivity index (χ1) is 26.3. The first kappa shape index (κ1) is 42.3. The van der Waals surface area contributed by atoms with Gasteiger partial charge >= 0.3 is 7.12 Å². The third-order valence-corrected chi connectivity index (χ3v) is 13.3. The molecule has 3 nitrogen and oxygen atoms in total. The molecule has 1 saturated heterocycles. The summed E-state index contributed by atoms with van der Waals surface area (Å²) >= 11 is 0. The molecule has 300 valence electrons. The molecule has 0 aromatic heterocycles. The lowest BCUT2D eigenvalue weighted by molar-refractivity contribution is 0.00578. The Balaban J connectivity index is 1.62. The second kappa shape index (κ2) is 16.1. The fraction of sp³-hybridized carbons (Fsp3) is 0.538. The minimum absolute atomic E-state index is 0.0369. The van der Waals surface area contributed by atoms with Crippen LogP contribution in [-0.4, -0.2) is 18.3 Å². The van der Waals surface area contributed by atoms with E-state index in [2.05, 4.69) is 174 Å². The van der Waals surface area contributed by atoms with Gasteiger partial charge in [0, 0.05) is 22.4 Å². The summed E-state index contributed by atoms with van der Waals surface area (Å²) in [5, 5.41) is 0. The van der Waals surface area contributed by atoms with Gasteiger partial charge in [-0.2, -0.15) is 0 Å². The average molecular weight is 754 g/mol. The van der Waals surface area contributed by atoms with E-state index in [1.165, 1.54) is 103 Å². The van der Waals surface area contributed by atoms with Gasteiger partial charge in [0.15, 0.2) is 0 Å². The van der Waals surface area contributed by atoms with Crippen molar-refractivity contribution in [2.24, 2.45) is 0 Å². The van der Waals surface area contributed by atoms with Crippen LogP contribution in [0.4, 0.5) is 17.1 Å². The van der Waals surface area contributed by atoms with Crippen molar-refractivity contribution in [3.63, 3.8) is 0 Å². The third kappa shape index (κ3) is 8.31. The molecule has 0 spiro atoms. The van der Waals surface area contributed by atoms with Crippen molar-refractivity contribution < 1.29 is 9.31 Å². The lowest BCUT2D eigenvalue weighted by atomic mass is 9.68. The molecule has 2 aliphatic rings. The fourth-order valence-corrected chi connectivity index (χ4v) is 8.92. The summed E-state index contributed by atoms with van der Waals surface area (Å²) in [5.41, 5.74) is 13.8. The molecule has 4 aromatic carbocycles. The Bertz CT molecular complexity index is 1930. The van der Waals surface area contributed by atoms with E-state index < -0.39 is 18.3 Å². The van der Waals surface area contributed by atoms with E-state index in [9.17, 15) is 0 Å². The van der Waals surface area contributed by atoms with Crippen LogP contribution in [0.5, 0.6) is 0 Å². The standard InChI is InChI=1S/C52H72BNO2/c1-14-16-18-20-32-52(33-21-19-17-15-2)44-34-38(48(4,5)6)24-31-43(44)47-45(52)35-39(49(7,8)9)36-46(47)54(41-27-22-37(3)23-28-41)42-29-25-40(26-30-42)53-55-50(10,11)51(12,13)56-53/h22-31,34-36H,14-21,32-33H2,1-13H3. The van der Waals surface area contributed by atoms with Crippen LogP contribution in [0.15, 0.2) is 78.9 Å². The Morgan fingerprint density at radius 2 is 1.07 bits per heavy atom.